The van der Waals surface area contributed by atoms with Crippen molar-refractivity contribution >= 4 is 21.7 Å². The van der Waals surface area contributed by atoms with Crippen molar-refractivity contribution < 1.29 is 9.30 Å². The number of fused-ring (bicyclic) bond motifs is 3. The molecule has 1 aromatic heterocycles. The maximum Gasteiger partial charge on any atom is 0.256 e. The standard InChI is InChI=1S/C32H38NO/c1-19-12-24-14-22(18-32(6,7)8)15-26-29(24)28(20(19)2)30-27(34-26)16-23-13-21(17-31(3,4)5)10-11-25(23)33(30)9/h10-16H,17-18H2,1-9H3/q+1. The molecule has 2 heterocycles. The molecule has 0 N–H and O–H groups in total. The van der Waals surface area contributed by atoms with Crippen molar-refractivity contribution in [2.24, 2.45) is 17.9 Å². The SMILES string of the molecule is Cc1cc2cc(CC(C)(C)C)cc3c2c(c1C)-c1c(cc2cc(CC(C)(C)C)ccc2[n+]1C)O3. The number of aryl methyl sites for hydroxylation is 2. The molecule has 0 saturated heterocycles. The van der Waals surface area contributed by atoms with Crippen LogP contribution >= 0.6 is 0 Å². The lowest BCUT2D eigenvalue weighted by Crippen LogP contribution is -2.33. The van der Waals surface area contributed by atoms with Crippen LogP contribution in [0.15, 0.2) is 42.5 Å². The Bertz CT molecular complexity index is 1460. The highest BCUT2D eigenvalue weighted by atomic mass is 16.5. The van der Waals surface area contributed by atoms with Crippen LogP contribution in [0, 0.1) is 24.7 Å². The van der Waals surface area contributed by atoms with Gasteiger partial charge in [0.1, 0.15) is 12.8 Å². The lowest BCUT2D eigenvalue weighted by molar-refractivity contribution is -0.633. The molecule has 0 atom stereocenters. The van der Waals surface area contributed by atoms with Crippen molar-refractivity contribution in [3.8, 4) is 22.8 Å². The first-order chi connectivity index (χ1) is 15.8. The fourth-order valence-corrected chi connectivity index (χ4v) is 5.62. The van der Waals surface area contributed by atoms with Gasteiger partial charge in [0.05, 0.1) is 10.9 Å². The molecule has 3 aromatic carbocycles. The zero-order valence-corrected chi connectivity index (χ0v) is 22.3. The molecule has 5 rings (SSSR count). The minimum Gasteiger partial charge on any atom is -0.450 e. The summed E-state index contributed by atoms with van der Waals surface area (Å²) in [7, 11) is 2.18. The van der Waals surface area contributed by atoms with Crippen LogP contribution in [0.2, 0.25) is 0 Å². The quantitative estimate of drug-likeness (QED) is 0.245. The molecule has 0 spiro atoms. The molecule has 0 saturated carbocycles. The molecule has 1 aliphatic heterocycles. The number of rotatable bonds is 2. The van der Waals surface area contributed by atoms with Crippen LogP contribution in [0.25, 0.3) is 32.9 Å². The van der Waals surface area contributed by atoms with Gasteiger partial charge in [0.2, 0.25) is 5.52 Å². The van der Waals surface area contributed by atoms with Gasteiger partial charge in [-0.05, 0) is 77.3 Å². The van der Waals surface area contributed by atoms with Gasteiger partial charge in [-0.1, -0.05) is 59.7 Å². The molecule has 176 valence electrons. The van der Waals surface area contributed by atoms with Crippen LogP contribution in [-0.4, -0.2) is 0 Å². The molecule has 2 nitrogen and oxygen atoms in total. The van der Waals surface area contributed by atoms with Crippen LogP contribution in [0.5, 0.6) is 11.5 Å². The molecule has 1 aliphatic rings. The van der Waals surface area contributed by atoms with E-state index < -0.39 is 0 Å². The summed E-state index contributed by atoms with van der Waals surface area (Å²) in [5.41, 5.74) is 9.59. The first-order valence-corrected chi connectivity index (χ1v) is 12.5. The summed E-state index contributed by atoms with van der Waals surface area (Å²) in [5, 5.41) is 3.76. The number of aromatic nitrogens is 1. The minimum absolute atomic E-state index is 0.224. The highest BCUT2D eigenvalue weighted by Gasteiger charge is 2.32. The Kier molecular flexibility index (Phi) is 5.10. The summed E-state index contributed by atoms with van der Waals surface area (Å²) in [4.78, 5) is 0. The third kappa shape index (κ3) is 3.98. The molecule has 4 aromatic rings. The highest BCUT2D eigenvalue weighted by molar-refractivity contribution is 6.05. The second kappa shape index (κ2) is 7.57. The van der Waals surface area contributed by atoms with Crippen LogP contribution in [0.1, 0.15) is 63.8 Å². The third-order valence-corrected chi connectivity index (χ3v) is 7.02. The predicted molar refractivity (Wildman–Crippen MR) is 144 cm³/mol. The van der Waals surface area contributed by atoms with Crippen LogP contribution in [-0.2, 0) is 19.9 Å². The first-order valence-electron chi connectivity index (χ1n) is 12.5. The van der Waals surface area contributed by atoms with E-state index >= 15 is 0 Å². The number of pyridine rings is 1. The second-order valence-electron chi connectivity index (χ2n) is 12.8. The van der Waals surface area contributed by atoms with Crippen molar-refractivity contribution in [3.63, 3.8) is 0 Å². The monoisotopic (exact) mass is 452 g/mol. The van der Waals surface area contributed by atoms with Crippen molar-refractivity contribution in [1.29, 1.82) is 0 Å². The summed E-state index contributed by atoms with van der Waals surface area (Å²) in [6.07, 6.45) is 2.08. The summed E-state index contributed by atoms with van der Waals surface area (Å²) >= 11 is 0. The summed E-state index contributed by atoms with van der Waals surface area (Å²) < 4.78 is 9.04. The van der Waals surface area contributed by atoms with Crippen molar-refractivity contribution in [2.75, 3.05) is 0 Å². The van der Waals surface area contributed by atoms with Gasteiger partial charge in [-0.15, -0.1) is 0 Å². The molecular formula is C32H38NO+. The summed E-state index contributed by atoms with van der Waals surface area (Å²) in [6, 6.07) is 16.1. The lowest BCUT2D eigenvalue weighted by Gasteiger charge is -2.25. The van der Waals surface area contributed by atoms with Crippen molar-refractivity contribution in [2.45, 2.75) is 68.2 Å². The Morgan fingerprint density at radius 2 is 1.38 bits per heavy atom. The lowest BCUT2D eigenvalue weighted by atomic mass is 9.85. The van der Waals surface area contributed by atoms with E-state index in [1.54, 1.807) is 0 Å². The van der Waals surface area contributed by atoms with Gasteiger partial charge < -0.3 is 4.74 Å². The number of hydrogen-bond acceptors (Lipinski definition) is 1. The van der Waals surface area contributed by atoms with Crippen LogP contribution < -0.4 is 9.30 Å². The predicted octanol–water partition coefficient (Wildman–Crippen LogP) is 8.38. The number of ether oxygens (including phenoxy) is 1. The van der Waals surface area contributed by atoms with Crippen molar-refractivity contribution in [3.05, 3.63) is 64.7 Å². The Morgan fingerprint density at radius 1 is 0.735 bits per heavy atom. The van der Waals surface area contributed by atoms with Gasteiger partial charge >= 0.3 is 0 Å². The molecule has 2 heteroatoms. The van der Waals surface area contributed by atoms with Gasteiger partial charge in [0.25, 0.3) is 5.69 Å². The molecular weight excluding hydrogens is 414 g/mol. The van der Waals surface area contributed by atoms with E-state index in [0.717, 1.165) is 24.3 Å². The van der Waals surface area contributed by atoms with Gasteiger partial charge in [-0.3, -0.25) is 0 Å². The first kappa shape index (κ1) is 22.9. The highest BCUT2D eigenvalue weighted by Crippen LogP contribution is 2.48. The van der Waals surface area contributed by atoms with E-state index in [1.165, 1.54) is 55.2 Å². The molecule has 0 radical (unpaired) electrons. The number of nitrogens with zero attached hydrogens (tertiary/aromatic N) is 1. The average Bonchev–Trinajstić information content (AvgIpc) is 2.68. The van der Waals surface area contributed by atoms with Gasteiger partial charge in [0.15, 0.2) is 5.75 Å². The van der Waals surface area contributed by atoms with Crippen LogP contribution in [0.4, 0.5) is 0 Å². The summed E-state index contributed by atoms with van der Waals surface area (Å²) in [5.74, 6) is 1.95. The smallest absolute Gasteiger partial charge is 0.256 e. The summed E-state index contributed by atoms with van der Waals surface area (Å²) in [6.45, 7) is 18.3. The van der Waals surface area contributed by atoms with Crippen molar-refractivity contribution in [1.82, 2.24) is 0 Å². The molecule has 0 amide bonds. The fourth-order valence-electron chi connectivity index (χ4n) is 5.62. The molecule has 0 aliphatic carbocycles. The number of hydrogen-bond donors (Lipinski definition) is 0. The second-order valence-corrected chi connectivity index (χ2v) is 12.8. The van der Waals surface area contributed by atoms with E-state index in [9.17, 15) is 0 Å². The molecule has 0 fully saturated rings. The molecule has 0 unspecified atom stereocenters. The van der Waals surface area contributed by atoms with E-state index in [0.29, 0.717) is 0 Å². The Labute approximate surface area is 204 Å². The maximum atomic E-state index is 6.71. The van der Waals surface area contributed by atoms with E-state index in [4.69, 9.17) is 4.74 Å². The third-order valence-electron chi connectivity index (χ3n) is 7.02. The number of benzene rings is 3. The van der Waals surface area contributed by atoms with E-state index in [2.05, 4.69) is 109 Å². The average molecular weight is 453 g/mol. The molecule has 0 bridgehead atoms. The Morgan fingerprint density at radius 3 is 2.06 bits per heavy atom. The van der Waals surface area contributed by atoms with Gasteiger partial charge in [-0.2, -0.15) is 4.57 Å². The van der Waals surface area contributed by atoms with E-state index in [1.807, 2.05) is 0 Å². The van der Waals surface area contributed by atoms with Gasteiger partial charge in [-0.25, -0.2) is 0 Å². The maximum absolute atomic E-state index is 6.71. The normalized spacial score (nSPS) is 13.3. The zero-order valence-electron chi connectivity index (χ0n) is 22.3. The van der Waals surface area contributed by atoms with Crippen LogP contribution in [0.3, 0.4) is 0 Å². The Balaban J connectivity index is 1.78. The minimum atomic E-state index is 0.224. The van der Waals surface area contributed by atoms with E-state index in [-0.39, 0.29) is 10.8 Å². The topological polar surface area (TPSA) is 13.1 Å². The fraction of sp³-hybridized carbons (Fsp3) is 0.406. The largest absolute Gasteiger partial charge is 0.450 e. The zero-order chi connectivity index (χ0) is 24.6. The van der Waals surface area contributed by atoms with Gasteiger partial charge in [0, 0.05) is 17.5 Å². The Hall–Kier alpha value is -2.87. The molecule has 34 heavy (non-hydrogen) atoms.